The van der Waals surface area contributed by atoms with Gasteiger partial charge in [0.2, 0.25) is 0 Å². The molecule has 0 atom stereocenters. The molecule has 0 unspecified atom stereocenters. The molecular formula is C11H11N3. The van der Waals surface area contributed by atoms with Crippen LogP contribution in [-0.4, -0.2) is 17.9 Å². The van der Waals surface area contributed by atoms with E-state index in [1.54, 1.807) is 0 Å². The van der Waals surface area contributed by atoms with Gasteiger partial charge in [-0.25, -0.2) is 0 Å². The number of nitrogens with zero attached hydrogens (tertiary/aromatic N) is 1. The fourth-order valence-corrected chi connectivity index (χ4v) is 1.87. The van der Waals surface area contributed by atoms with E-state index in [0.717, 1.165) is 5.82 Å². The van der Waals surface area contributed by atoms with Crippen LogP contribution in [0.2, 0.25) is 0 Å². The molecule has 1 aliphatic rings. The maximum Gasteiger partial charge on any atom is 0.114 e. The summed E-state index contributed by atoms with van der Waals surface area (Å²) in [4.78, 5) is 7.56. The van der Waals surface area contributed by atoms with Gasteiger partial charge >= 0.3 is 0 Å². The lowest BCUT2D eigenvalue weighted by Gasteiger charge is -2.06. The van der Waals surface area contributed by atoms with Crippen molar-refractivity contribution in [3.8, 4) is 0 Å². The van der Waals surface area contributed by atoms with E-state index < -0.39 is 0 Å². The van der Waals surface area contributed by atoms with E-state index in [2.05, 4.69) is 40.4 Å². The lowest BCUT2D eigenvalue weighted by Crippen LogP contribution is -2.06. The number of aliphatic imine (C=N–C) groups is 1. The normalized spacial score (nSPS) is 14.1. The summed E-state index contributed by atoms with van der Waals surface area (Å²) in [5.74, 6) is 1.08. The molecule has 0 saturated carbocycles. The molecular weight excluding hydrogens is 174 g/mol. The number of H-pyrrole nitrogens is 1. The summed E-state index contributed by atoms with van der Waals surface area (Å²) < 4.78 is 0. The van der Waals surface area contributed by atoms with Crippen molar-refractivity contribution in [1.82, 2.24) is 4.98 Å². The van der Waals surface area contributed by atoms with Crippen LogP contribution in [0.5, 0.6) is 0 Å². The van der Waals surface area contributed by atoms with Crippen molar-refractivity contribution in [1.29, 1.82) is 0 Å². The van der Waals surface area contributed by atoms with Crippen molar-refractivity contribution in [2.75, 3.05) is 12.0 Å². The minimum Gasteiger partial charge on any atom is -0.352 e. The van der Waals surface area contributed by atoms with E-state index in [1.807, 2.05) is 6.21 Å². The summed E-state index contributed by atoms with van der Waals surface area (Å²) in [6.45, 7) is 2.76. The number of aromatic nitrogens is 1. The van der Waals surface area contributed by atoms with Crippen LogP contribution in [0.3, 0.4) is 0 Å². The third-order valence-electron chi connectivity index (χ3n) is 2.56. The highest BCUT2D eigenvalue weighted by Crippen LogP contribution is 2.26. The molecule has 3 heteroatoms. The number of benzene rings is 1. The summed E-state index contributed by atoms with van der Waals surface area (Å²) in [6, 6.07) is 6.42. The first-order chi connectivity index (χ1) is 6.84. The van der Waals surface area contributed by atoms with Crippen LogP contribution >= 0.6 is 0 Å². The van der Waals surface area contributed by atoms with Crippen LogP contribution in [0.25, 0.3) is 10.9 Å². The Morgan fingerprint density at radius 2 is 2.29 bits per heavy atom. The van der Waals surface area contributed by atoms with E-state index in [1.165, 1.54) is 22.0 Å². The molecule has 2 aromatic rings. The minimum atomic E-state index is 0.665. The molecule has 2 N–H and O–H groups in total. The van der Waals surface area contributed by atoms with Crippen LogP contribution in [0.4, 0.5) is 5.82 Å². The number of nitrogens with one attached hydrogen (secondary N) is 2. The number of aryl methyl sites for hydroxylation is 1. The number of anilines is 1. The standard InChI is InChI=1S/C11H11N3/c1-7-2-3-8-9-5-12-6-13-11(9)14-10(8)4-7/h2-5,13-14H,6H2,1H3. The van der Waals surface area contributed by atoms with Gasteiger partial charge in [-0.2, -0.15) is 0 Å². The largest absolute Gasteiger partial charge is 0.352 e. The zero-order chi connectivity index (χ0) is 9.54. The fourth-order valence-electron chi connectivity index (χ4n) is 1.87. The molecule has 70 valence electrons. The molecule has 0 bridgehead atoms. The Hall–Kier alpha value is -1.77. The molecule has 3 rings (SSSR count). The van der Waals surface area contributed by atoms with Crippen molar-refractivity contribution in [2.24, 2.45) is 4.99 Å². The average Bonchev–Trinajstić information content (AvgIpc) is 2.54. The van der Waals surface area contributed by atoms with Crippen molar-refractivity contribution >= 4 is 22.9 Å². The number of aromatic amines is 1. The van der Waals surface area contributed by atoms with Crippen LogP contribution in [-0.2, 0) is 0 Å². The molecule has 3 nitrogen and oxygen atoms in total. The van der Waals surface area contributed by atoms with Gasteiger partial charge in [-0.05, 0) is 18.6 Å². The summed E-state index contributed by atoms with van der Waals surface area (Å²) in [7, 11) is 0. The van der Waals surface area contributed by atoms with Gasteiger partial charge in [-0.1, -0.05) is 12.1 Å². The highest BCUT2D eigenvalue weighted by Gasteiger charge is 2.11. The Balaban J connectivity index is 2.38. The number of rotatable bonds is 0. The zero-order valence-electron chi connectivity index (χ0n) is 7.96. The van der Waals surface area contributed by atoms with Gasteiger partial charge in [0.05, 0.1) is 0 Å². The molecule has 0 fully saturated rings. The maximum absolute atomic E-state index is 4.21. The SMILES string of the molecule is Cc1ccc2c3c([nH]c2c1)NCN=C3. The lowest BCUT2D eigenvalue weighted by molar-refractivity contribution is 1.11. The molecule has 0 amide bonds. The summed E-state index contributed by atoms with van der Waals surface area (Å²) in [6.07, 6.45) is 1.93. The first-order valence-corrected chi connectivity index (χ1v) is 4.70. The summed E-state index contributed by atoms with van der Waals surface area (Å²) in [5.41, 5.74) is 3.62. The predicted octanol–water partition coefficient (Wildman–Crippen LogP) is 2.28. The number of hydrogen-bond donors (Lipinski definition) is 2. The quantitative estimate of drug-likeness (QED) is 0.649. The second-order valence-corrected chi connectivity index (χ2v) is 3.61. The van der Waals surface area contributed by atoms with Crippen molar-refractivity contribution in [3.63, 3.8) is 0 Å². The van der Waals surface area contributed by atoms with Gasteiger partial charge in [0, 0.05) is 22.7 Å². The van der Waals surface area contributed by atoms with Crippen LogP contribution in [0, 0.1) is 6.92 Å². The Bertz CT molecular complexity index is 523. The zero-order valence-corrected chi connectivity index (χ0v) is 7.96. The molecule has 0 spiro atoms. The lowest BCUT2D eigenvalue weighted by atomic mass is 10.1. The Morgan fingerprint density at radius 3 is 3.21 bits per heavy atom. The molecule has 0 radical (unpaired) electrons. The van der Waals surface area contributed by atoms with Crippen molar-refractivity contribution < 1.29 is 0 Å². The monoisotopic (exact) mass is 185 g/mol. The van der Waals surface area contributed by atoms with Gasteiger partial charge in [0.1, 0.15) is 12.5 Å². The average molecular weight is 185 g/mol. The Morgan fingerprint density at radius 1 is 1.36 bits per heavy atom. The highest BCUT2D eigenvalue weighted by molar-refractivity contribution is 6.05. The molecule has 0 aliphatic carbocycles. The number of hydrogen-bond acceptors (Lipinski definition) is 2. The fraction of sp³-hybridized carbons (Fsp3) is 0.182. The topological polar surface area (TPSA) is 40.2 Å². The van der Waals surface area contributed by atoms with E-state index in [0.29, 0.717) is 6.67 Å². The first-order valence-electron chi connectivity index (χ1n) is 4.70. The maximum atomic E-state index is 4.21. The van der Waals surface area contributed by atoms with Crippen molar-refractivity contribution in [3.05, 3.63) is 29.3 Å². The van der Waals surface area contributed by atoms with Gasteiger partial charge in [0.15, 0.2) is 0 Å². The van der Waals surface area contributed by atoms with E-state index in [9.17, 15) is 0 Å². The van der Waals surface area contributed by atoms with E-state index in [4.69, 9.17) is 0 Å². The van der Waals surface area contributed by atoms with Crippen molar-refractivity contribution in [2.45, 2.75) is 6.92 Å². The highest BCUT2D eigenvalue weighted by atomic mass is 15.1. The Kier molecular flexibility index (Phi) is 1.42. The molecule has 14 heavy (non-hydrogen) atoms. The smallest absolute Gasteiger partial charge is 0.114 e. The van der Waals surface area contributed by atoms with Gasteiger partial charge in [0.25, 0.3) is 0 Å². The molecule has 0 saturated heterocycles. The van der Waals surface area contributed by atoms with Crippen LogP contribution in [0.1, 0.15) is 11.1 Å². The van der Waals surface area contributed by atoms with Crippen LogP contribution in [0.15, 0.2) is 23.2 Å². The first kappa shape index (κ1) is 7.62. The van der Waals surface area contributed by atoms with Gasteiger partial charge < -0.3 is 10.3 Å². The second kappa shape index (κ2) is 2.61. The summed E-state index contributed by atoms with van der Waals surface area (Å²) in [5, 5.41) is 4.46. The van der Waals surface area contributed by atoms with Crippen LogP contribution < -0.4 is 5.32 Å². The molecule has 2 heterocycles. The molecule has 1 aromatic carbocycles. The van der Waals surface area contributed by atoms with Gasteiger partial charge in [-0.15, -0.1) is 0 Å². The second-order valence-electron chi connectivity index (χ2n) is 3.61. The predicted molar refractivity (Wildman–Crippen MR) is 59.1 cm³/mol. The summed E-state index contributed by atoms with van der Waals surface area (Å²) >= 11 is 0. The third kappa shape index (κ3) is 0.954. The minimum absolute atomic E-state index is 0.665. The van der Waals surface area contributed by atoms with Gasteiger partial charge in [-0.3, -0.25) is 4.99 Å². The molecule has 1 aromatic heterocycles. The molecule has 1 aliphatic heterocycles. The Labute approximate surface area is 81.9 Å². The third-order valence-corrected chi connectivity index (χ3v) is 2.56. The van der Waals surface area contributed by atoms with E-state index >= 15 is 0 Å². The number of fused-ring (bicyclic) bond motifs is 3. The van der Waals surface area contributed by atoms with E-state index in [-0.39, 0.29) is 0 Å².